The van der Waals surface area contributed by atoms with Crippen LogP contribution in [0.3, 0.4) is 0 Å². The van der Waals surface area contributed by atoms with Crippen LogP contribution in [0.4, 0.5) is 16.9 Å². The lowest BCUT2D eigenvalue weighted by Crippen LogP contribution is -2.23. The highest BCUT2D eigenvalue weighted by Crippen LogP contribution is 2.28. The molecule has 0 atom stereocenters. The lowest BCUT2D eigenvalue weighted by Gasteiger charge is -2.15. The van der Waals surface area contributed by atoms with Gasteiger partial charge >= 0.3 is 0 Å². The number of nitrogens with zero attached hydrogens (tertiary/aromatic N) is 5. The number of thiophene rings is 1. The summed E-state index contributed by atoms with van der Waals surface area (Å²) < 4.78 is 0. The summed E-state index contributed by atoms with van der Waals surface area (Å²) in [6, 6.07) is 5.35. The molecule has 3 aromatic rings. The van der Waals surface area contributed by atoms with Crippen molar-refractivity contribution in [3.63, 3.8) is 0 Å². The Balaban J connectivity index is 1.46. The lowest BCUT2D eigenvalue weighted by molar-refractivity contribution is 0.103. The highest BCUT2D eigenvalue weighted by molar-refractivity contribution is 7.17. The molecule has 1 amide bonds. The van der Waals surface area contributed by atoms with Gasteiger partial charge in [-0.1, -0.05) is 0 Å². The Morgan fingerprint density at radius 1 is 1.27 bits per heavy atom. The highest BCUT2D eigenvalue weighted by atomic mass is 32.1. The molecular weight excluding hydrogens is 370 g/mol. The van der Waals surface area contributed by atoms with E-state index in [0.29, 0.717) is 22.2 Å². The zero-order valence-electron chi connectivity index (χ0n) is 13.4. The molecular formula is C16H13N7OS2. The summed E-state index contributed by atoms with van der Waals surface area (Å²) in [5.74, 6) is 0.742. The predicted octanol–water partition coefficient (Wildman–Crippen LogP) is 2.86. The number of hydrogen-bond donors (Lipinski definition) is 2. The molecule has 0 aliphatic carbocycles. The van der Waals surface area contributed by atoms with E-state index in [-0.39, 0.29) is 11.9 Å². The minimum atomic E-state index is -0.212. The maximum absolute atomic E-state index is 12.5. The largest absolute Gasteiger partial charge is 0.368 e. The smallest absolute Gasteiger partial charge is 0.267 e. The van der Waals surface area contributed by atoms with E-state index in [0.717, 1.165) is 10.7 Å². The molecule has 0 spiro atoms. The molecule has 0 bridgehead atoms. The topological polar surface area (TPSA) is 109 Å². The molecule has 3 aromatic heterocycles. The third-order valence-electron chi connectivity index (χ3n) is 3.46. The Labute approximate surface area is 156 Å². The van der Waals surface area contributed by atoms with Gasteiger partial charge in [0.2, 0.25) is 5.95 Å². The molecule has 8 nitrogen and oxygen atoms in total. The summed E-state index contributed by atoms with van der Waals surface area (Å²) >= 11 is 2.70. The van der Waals surface area contributed by atoms with Crippen molar-refractivity contribution < 1.29 is 4.79 Å². The first-order chi connectivity index (χ1) is 12.7. The van der Waals surface area contributed by atoms with Gasteiger partial charge in [-0.2, -0.15) is 0 Å². The monoisotopic (exact) mass is 383 g/mol. The normalized spacial score (nSPS) is 13.2. The number of rotatable bonds is 4. The zero-order valence-corrected chi connectivity index (χ0v) is 15.0. The van der Waals surface area contributed by atoms with Crippen molar-refractivity contribution in [1.29, 1.82) is 0 Å². The average Bonchev–Trinajstić information content (AvgIpc) is 3.32. The van der Waals surface area contributed by atoms with E-state index in [4.69, 9.17) is 5.73 Å². The van der Waals surface area contributed by atoms with E-state index < -0.39 is 0 Å². The van der Waals surface area contributed by atoms with E-state index >= 15 is 0 Å². The summed E-state index contributed by atoms with van der Waals surface area (Å²) in [4.78, 5) is 32.3. The van der Waals surface area contributed by atoms with Crippen LogP contribution in [-0.4, -0.2) is 33.7 Å². The van der Waals surface area contributed by atoms with Crippen molar-refractivity contribution in [1.82, 2.24) is 15.0 Å². The molecule has 0 aromatic carbocycles. The Morgan fingerprint density at radius 3 is 3.00 bits per heavy atom. The van der Waals surface area contributed by atoms with Gasteiger partial charge in [-0.25, -0.2) is 19.9 Å². The molecule has 0 unspecified atom stereocenters. The van der Waals surface area contributed by atoms with Crippen molar-refractivity contribution in [2.75, 3.05) is 22.5 Å². The molecule has 1 aliphatic heterocycles. The van der Waals surface area contributed by atoms with Crippen LogP contribution in [0, 0.1) is 0 Å². The fourth-order valence-corrected chi connectivity index (χ4v) is 3.84. The first kappa shape index (κ1) is 16.4. The molecule has 4 rings (SSSR count). The number of nitrogens with one attached hydrogen (secondary N) is 1. The molecule has 3 N–H and O–H groups in total. The van der Waals surface area contributed by atoms with E-state index in [1.54, 1.807) is 30.9 Å². The summed E-state index contributed by atoms with van der Waals surface area (Å²) in [6.45, 7) is 0.705. The minimum Gasteiger partial charge on any atom is -0.368 e. The van der Waals surface area contributed by atoms with Crippen molar-refractivity contribution in [2.45, 2.75) is 0 Å². The molecule has 4 heterocycles. The Bertz CT molecular complexity index is 1010. The maximum atomic E-state index is 12.5. The van der Waals surface area contributed by atoms with Crippen LogP contribution in [-0.2, 0) is 0 Å². The highest BCUT2D eigenvalue weighted by Gasteiger charge is 2.15. The molecule has 0 radical (unpaired) electrons. The second kappa shape index (κ2) is 7.02. The number of anilines is 3. The van der Waals surface area contributed by atoms with E-state index in [9.17, 15) is 4.79 Å². The molecule has 1 aliphatic rings. The number of hydrogen-bond acceptors (Lipinski definition) is 9. The second-order valence-electron chi connectivity index (χ2n) is 5.23. The number of carbonyl (C=O) groups is 1. The van der Waals surface area contributed by atoms with Gasteiger partial charge in [0.1, 0.15) is 5.82 Å². The van der Waals surface area contributed by atoms with Crippen LogP contribution >= 0.6 is 22.7 Å². The Morgan fingerprint density at radius 2 is 2.19 bits per heavy atom. The van der Waals surface area contributed by atoms with E-state index in [2.05, 4.69) is 25.3 Å². The van der Waals surface area contributed by atoms with Crippen molar-refractivity contribution in [3.8, 4) is 10.6 Å². The molecule has 0 saturated heterocycles. The number of aliphatic imine (C=N–C) groups is 1. The van der Waals surface area contributed by atoms with Gasteiger partial charge in [0, 0.05) is 24.3 Å². The summed E-state index contributed by atoms with van der Waals surface area (Å²) in [7, 11) is 0. The van der Waals surface area contributed by atoms with Gasteiger partial charge in [-0.05, 0) is 24.3 Å². The standard InChI is InChI=1S/C16H13N7OS2/c17-15-19-6-4-10(20-15)11-2-3-12(26-11)14(24)22-16-21-13(8-25-16)23-7-1-5-18-9-23/h1-6,8-9H,7H2,(H2,17,19,20)(H,21,22,24). The van der Waals surface area contributed by atoms with Gasteiger partial charge in [-0.15, -0.1) is 22.7 Å². The van der Waals surface area contributed by atoms with Crippen LogP contribution in [0.25, 0.3) is 10.6 Å². The van der Waals surface area contributed by atoms with E-state index in [1.165, 1.54) is 22.7 Å². The average molecular weight is 383 g/mol. The van der Waals surface area contributed by atoms with Gasteiger partial charge in [-0.3, -0.25) is 10.1 Å². The maximum Gasteiger partial charge on any atom is 0.267 e. The van der Waals surface area contributed by atoms with Crippen molar-refractivity contribution >= 4 is 51.8 Å². The zero-order chi connectivity index (χ0) is 17.9. The number of nitrogens with two attached hydrogens (primary N) is 1. The van der Waals surface area contributed by atoms with Crippen LogP contribution < -0.4 is 16.0 Å². The number of carbonyl (C=O) groups excluding carboxylic acids is 1. The summed E-state index contributed by atoms with van der Waals surface area (Å²) in [6.07, 6.45) is 6.98. The molecule has 0 saturated carbocycles. The third-order valence-corrected chi connectivity index (χ3v) is 5.31. The fourth-order valence-electron chi connectivity index (χ4n) is 2.26. The van der Waals surface area contributed by atoms with Crippen LogP contribution in [0.2, 0.25) is 0 Å². The lowest BCUT2D eigenvalue weighted by atomic mass is 10.3. The van der Waals surface area contributed by atoms with Gasteiger partial charge in [0.25, 0.3) is 5.91 Å². The van der Waals surface area contributed by atoms with Crippen molar-refractivity contribution in [2.24, 2.45) is 4.99 Å². The number of amides is 1. The van der Waals surface area contributed by atoms with Crippen molar-refractivity contribution in [3.05, 3.63) is 46.9 Å². The number of nitrogen functional groups attached to an aromatic ring is 1. The van der Waals surface area contributed by atoms with E-state index in [1.807, 2.05) is 22.4 Å². The SMILES string of the molecule is Nc1nccc(-c2ccc(C(=O)Nc3nc(N4C=NC=CC4)cs3)s2)n1. The minimum absolute atomic E-state index is 0.202. The van der Waals surface area contributed by atoms with Gasteiger partial charge in [0.05, 0.1) is 21.8 Å². The Kier molecular flexibility index (Phi) is 4.42. The first-order valence-electron chi connectivity index (χ1n) is 7.59. The Hall–Kier alpha value is -3.11. The van der Waals surface area contributed by atoms with Gasteiger partial charge < -0.3 is 10.6 Å². The molecule has 26 heavy (non-hydrogen) atoms. The predicted molar refractivity (Wildman–Crippen MR) is 105 cm³/mol. The van der Waals surface area contributed by atoms with Crippen LogP contribution in [0.1, 0.15) is 9.67 Å². The molecule has 0 fully saturated rings. The first-order valence-corrected chi connectivity index (χ1v) is 9.29. The van der Waals surface area contributed by atoms with Crippen LogP contribution in [0.15, 0.2) is 47.0 Å². The quantitative estimate of drug-likeness (QED) is 0.717. The summed E-state index contributed by atoms with van der Waals surface area (Å²) in [5.41, 5.74) is 6.30. The molecule has 130 valence electrons. The van der Waals surface area contributed by atoms with Crippen LogP contribution in [0.5, 0.6) is 0 Å². The second-order valence-corrected chi connectivity index (χ2v) is 7.17. The molecule has 10 heteroatoms. The number of aromatic nitrogens is 3. The number of thiazole rings is 1. The summed E-state index contributed by atoms with van der Waals surface area (Å²) in [5, 5.41) is 5.24. The van der Waals surface area contributed by atoms with Gasteiger partial charge in [0.15, 0.2) is 5.13 Å². The fraction of sp³-hybridized carbons (Fsp3) is 0.0625. The third kappa shape index (κ3) is 3.46.